The number of rotatable bonds is 5. The van der Waals surface area contributed by atoms with Gasteiger partial charge in [0.25, 0.3) is 0 Å². The molecule has 0 N–H and O–H groups in total. The van der Waals surface area contributed by atoms with Crippen LogP contribution < -0.4 is 0 Å². The van der Waals surface area contributed by atoms with Gasteiger partial charge < -0.3 is 0 Å². The normalized spacial score (nSPS) is 50.4. The van der Waals surface area contributed by atoms with E-state index in [4.69, 9.17) is 0 Å². The maximum atomic E-state index is 2.67. The zero-order chi connectivity index (χ0) is 21.2. The van der Waals surface area contributed by atoms with E-state index in [1.54, 1.807) is 0 Å². The number of hydrogen-bond donors (Lipinski definition) is 0. The van der Waals surface area contributed by atoms with Gasteiger partial charge in [-0.3, -0.25) is 0 Å². The molecule has 0 spiro atoms. The van der Waals surface area contributed by atoms with E-state index < -0.39 is 0 Å². The van der Waals surface area contributed by atoms with Gasteiger partial charge in [-0.05, 0) is 83.9 Å². The van der Waals surface area contributed by atoms with Crippen molar-refractivity contribution >= 4 is 0 Å². The van der Waals surface area contributed by atoms with Crippen LogP contribution in [0.15, 0.2) is 0 Å². The third-order valence-corrected chi connectivity index (χ3v) is 10.9. The first kappa shape index (κ1) is 24.3. The minimum absolute atomic E-state index is 0.577. The molecule has 166 valence electrons. The SMILES string of the molecule is CCCCC[C@@]12CC(CC)C(C)C(C)C1C(C)C(C)C(C)C(C)C(C)C[C@H]2C. The summed E-state index contributed by atoms with van der Waals surface area (Å²) < 4.78 is 0. The zero-order valence-corrected chi connectivity index (χ0v) is 21.2. The minimum atomic E-state index is 0.577. The Kier molecular flexibility index (Phi) is 8.56. The highest BCUT2D eigenvalue weighted by molar-refractivity contribution is 5.04. The molecule has 2 fully saturated rings. The Morgan fingerprint density at radius 2 is 1.25 bits per heavy atom. The third-order valence-electron chi connectivity index (χ3n) is 10.9. The summed E-state index contributed by atoms with van der Waals surface area (Å²) in [6, 6.07) is 0. The van der Waals surface area contributed by atoms with E-state index in [0.717, 1.165) is 59.2 Å². The van der Waals surface area contributed by atoms with Gasteiger partial charge in [0.15, 0.2) is 0 Å². The minimum Gasteiger partial charge on any atom is -0.0654 e. The maximum Gasteiger partial charge on any atom is -0.0235 e. The molecular weight excluding hydrogens is 336 g/mol. The van der Waals surface area contributed by atoms with Crippen molar-refractivity contribution in [3.05, 3.63) is 0 Å². The monoisotopic (exact) mass is 390 g/mol. The van der Waals surface area contributed by atoms with Gasteiger partial charge in [-0.2, -0.15) is 0 Å². The van der Waals surface area contributed by atoms with Crippen molar-refractivity contribution in [1.29, 1.82) is 0 Å². The van der Waals surface area contributed by atoms with Gasteiger partial charge >= 0.3 is 0 Å². The molecule has 0 heteroatoms. The average Bonchev–Trinajstić information content (AvgIpc) is 2.69. The molecule has 0 aromatic rings. The third kappa shape index (κ3) is 4.37. The molecule has 0 bridgehead atoms. The van der Waals surface area contributed by atoms with Crippen LogP contribution in [0.2, 0.25) is 0 Å². The molecule has 11 atom stereocenters. The van der Waals surface area contributed by atoms with Crippen LogP contribution in [0.3, 0.4) is 0 Å². The van der Waals surface area contributed by atoms with Crippen LogP contribution in [0.5, 0.6) is 0 Å². The fourth-order valence-corrected chi connectivity index (χ4v) is 8.17. The summed E-state index contributed by atoms with van der Waals surface area (Å²) >= 11 is 0. The second-order valence-corrected chi connectivity index (χ2v) is 11.9. The fourth-order valence-electron chi connectivity index (χ4n) is 8.17. The Morgan fingerprint density at radius 3 is 1.82 bits per heavy atom. The lowest BCUT2D eigenvalue weighted by atomic mass is 9.46. The van der Waals surface area contributed by atoms with E-state index in [1.165, 1.54) is 44.9 Å². The van der Waals surface area contributed by atoms with Gasteiger partial charge in [-0.1, -0.05) is 94.9 Å². The molecular formula is C28H54. The molecule has 0 aromatic heterocycles. The molecule has 0 amide bonds. The van der Waals surface area contributed by atoms with Gasteiger partial charge in [0.2, 0.25) is 0 Å². The highest BCUT2D eigenvalue weighted by atomic mass is 14.6. The Hall–Kier alpha value is 0. The second kappa shape index (κ2) is 9.87. The highest BCUT2D eigenvalue weighted by Gasteiger charge is 2.55. The van der Waals surface area contributed by atoms with Gasteiger partial charge in [0.1, 0.15) is 0 Å². The highest BCUT2D eigenvalue weighted by Crippen LogP contribution is 2.62. The summed E-state index contributed by atoms with van der Waals surface area (Å²) in [6.45, 7) is 25.7. The van der Waals surface area contributed by atoms with Crippen molar-refractivity contribution in [1.82, 2.24) is 0 Å². The Labute approximate surface area is 179 Å². The first-order valence-corrected chi connectivity index (χ1v) is 13.1. The molecule has 2 rings (SSSR count). The number of hydrogen-bond acceptors (Lipinski definition) is 0. The van der Waals surface area contributed by atoms with Crippen molar-refractivity contribution < 1.29 is 0 Å². The molecule has 2 aliphatic carbocycles. The van der Waals surface area contributed by atoms with E-state index in [9.17, 15) is 0 Å². The first-order chi connectivity index (χ1) is 13.1. The van der Waals surface area contributed by atoms with E-state index in [0.29, 0.717) is 5.41 Å². The molecule has 0 saturated heterocycles. The summed E-state index contributed by atoms with van der Waals surface area (Å²) in [5.74, 6) is 8.71. The van der Waals surface area contributed by atoms with E-state index in [-0.39, 0.29) is 0 Å². The summed E-state index contributed by atoms with van der Waals surface area (Å²) in [7, 11) is 0. The first-order valence-electron chi connectivity index (χ1n) is 13.1. The van der Waals surface area contributed by atoms with Crippen LogP contribution in [0.4, 0.5) is 0 Å². The zero-order valence-electron chi connectivity index (χ0n) is 21.2. The summed E-state index contributed by atoms with van der Waals surface area (Å²) in [6.07, 6.45) is 10.1. The molecule has 0 aromatic carbocycles. The molecule has 0 radical (unpaired) electrons. The second-order valence-electron chi connectivity index (χ2n) is 11.9. The van der Waals surface area contributed by atoms with Crippen LogP contribution >= 0.6 is 0 Å². The van der Waals surface area contributed by atoms with Gasteiger partial charge in [-0.25, -0.2) is 0 Å². The van der Waals surface area contributed by atoms with Crippen molar-refractivity contribution in [2.45, 2.75) is 114 Å². The molecule has 2 saturated carbocycles. The molecule has 2 aliphatic rings. The standard InChI is InChI=1S/C28H54/c1-11-13-14-15-28-17-26(12-2)23(8)25(10)27(28)24(9)22(7)21(6)20(5)18(3)16-19(28)4/h18-27H,11-17H2,1-10H3/t18?,19-,20?,21?,22?,23?,24?,25?,26?,27?,28+/m1/s1. The van der Waals surface area contributed by atoms with Crippen LogP contribution in [-0.2, 0) is 0 Å². The topological polar surface area (TPSA) is 0 Å². The Balaban J connectivity index is 2.56. The van der Waals surface area contributed by atoms with Crippen molar-refractivity contribution in [3.63, 3.8) is 0 Å². The van der Waals surface area contributed by atoms with Gasteiger partial charge in [-0.15, -0.1) is 0 Å². The molecule has 0 aliphatic heterocycles. The largest absolute Gasteiger partial charge is 0.0654 e. The van der Waals surface area contributed by atoms with Crippen LogP contribution in [-0.4, -0.2) is 0 Å². The van der Waals surface area contributed by atoms with Gasteiger partial charge in [0.05, 0.1) is 0 Å². The Bertz CT molecular complexity index is 467. The summed E-state index contributed by atoms with van der Waals surface area (Å²) in [4.78, 5) is 0. The summed E-state index contributed by atoms with van der Waals surface area (Å²) in [5.41, 5.74) is 0.577. The van der Waals surface area contributed by atoms with E-state index in [2.05, 4.69) is 69.2 Å². The lowest BCUT2D eigenvalue weighted by molar-refractivity contribution is -0.104. The molecule has 28 heavy (non-hydrogen) atoms. The van der Waals surface area contributed by atoms with Crippen LogP contribution in [0.25, 0.3) is 0 Å². The lowest BCUT2D eigenvalue weighted by Gasteiger charge is -2.59. The predicted molar refractivity (Wildman–Crippen MR) is 126 cm³/mol. The van der Waals surface area contributed by atoms with Gasteiger partial charge in [0, 0.05) is 0 Å². The van der Waals surface area contributed by atoms with E-state index >= 15 is 0 Å². The van der Waals surface area contributed by atoms with Crippen LogP contribution in [0.1, 0.15) is 114 Å². The maximum absolute atomic E-state index is 2.67. The van der Waals surface area contributed by atoms with E-state index in [1.807, 2.05) is 0 Å². The Morgan fingerprint density at radius 1 is 0.679 bits per heavy atom. The molecule has 0 nitrogen and oxygen atoms in total. The quantitative estimate of drug-likeness (QED) is 0.410. The summed E-state index contributed by atoms with van der Waals surface area (Å²) in [5, 5.41) is 0. The molecule has 0 heterocycles. The van der Waals surface area contributed by atoms with Crippen molar-refractivity contribution in [2.24, 2.45) is 64.6 Å². The number of unbranched alkanes of at least 4 members (excludes halogenated alkanes) is 2. The lowest BCUT2D eigenvalue weighted by Crippen LogP contribution is -2.52. The predicted octanol–water partition coefficient (Wildman–Crippen LogP) is 9.09. The fraction of sp³-hybridized carbons (Fsp3) is 1.00. The number of fused-ring (bicyclic) bond motifs is 1. The molecule has 9 unspecified atom stereocenters. The smallest absolute Gasteiger partial charge is 0.0235 e. The van der Waals surface area contributed by atoms with Crippen LogP contribution in [0, 0.1) is 64.6 Å². The average molecular weight is 391 g/mol. The van der Waals surface area contributed by atoms with Crippen molar-refractivity contribution in [3.8, 4) is 0 Å². The van der Waals surface area contributed by atoms with Crippen molar-refractivity contribution in [2.75, 3.05) is 0 Å².